The Morgan fingerprint density at radius 2 is 1.66 bits per heavy atom. The highest BCUT2D eigenvalue weighted by Gasteiger charge is 2.25. The van der Waals surface area contributed by atoms with Crippen LogP contribution in [0.2, 0.25) is 5.02 Å². The van der Waals surface area contributed by atoms with Crippen molar-refractivity contribution in [1.82, 2.24) is 24.8 Å². The molecule has 300 valence electrons. The zero-order chi connectivity index (χ0) is 40.6. The molecule has 1 atom stereocenters. The van der Waals surface area contributed by atoms with E-state index < -0.39 is 14.9 Å². The van der Waals surface area contributed by atoms with E-state index in [1.165, 1.54) is 29.6 Å². The minimum absolute atomic E-state index is 0.0276. The number of nitrogens with one attached hydrogen (secondary N) is 2. The molecular formula is C42H44ClN9O4S2. The first-order chi connectivity index (χ1) is 28.0. The third-order valence-electron chi connectivity index (χ3n) is 9.93. The lowest BCUT2D eigenvalue weighted by atomic mass is 9.99. The van der Waals surface area contributed by atoms with Crippen LogP contribution >= 0.6 is 23.4 Å². The largest absolute Gasteiger partial charge is 0.376 e. The third kappa shape index (κ3) is 10.2. The second kappa shape index (κ2) is 18.5. The van der Waals surface area contributed by atoms with E-state index in [9.17, 15) is 18.5 Å². The maximum absolute atomic E-state index is 13.7. The van der Waals surface area contributed by atoms with Gasteiger partial charge in [0.25, 0.3) is 15.7 Å². The van der Waals surface area contributed by atoms with Gasteiger partial charge in [0.15, 0.2) is 11.5 Å². The Hall–Kier alpha value is -5.32. The SMILES string of the molecule is CN(C)CC[C@H](CSc1ccccc1)Nc1ccc(S(=O)(=O)Nc2ncnc3nc(N4CCN(Cc5ccccc5-c5ccc(Cl)cc5)CC4)ccc23)cc1[N+](=O)[O-]. The number of piperazine rings is 1. The summed E-state index contributed by atoms with van der Waals surface area (Å²) in [6, 6.07) is 33.6. The molecule has 2 N–H and O–H groups in total. The Balaban J connectivity index is 1.02. The number of pyridine rings is 1. The molecule has 16 heteroatoms. The number of nitro groups is 1. The summed E-state index contributed by atoms with van der Waals surface area (Å²) in [5, 5.41) is 16.7. The molecule has 7 rings (SSSR count). The van der Waals surface area contributed by atoms with Crippen molar-refractivity contribution in [3.8, 4) is 11.1 Å². The number of halogens is 1. The average molecular weight is 838 g/mol. The van der Waals surface area contributed by atoms with Gasteiger partial charge in [0.1, 0.15) is 17.8 Å². The molecule has 0 radical (unpaired) electrons. The number of benzene rings is 4. The van der Waals surface area contributed by atoms with Gasteiger partial charge in [-0.3, -0.25) is 19.7 Å². The van der Waals surface area contributed by atoms with Gasteiger partial charge in [-0.1, -0.05) is 66.2 Å². The molecule has 1 aliphatic rings. The van der Waals surface area contributed by atoms with Gasteiger partial charge in [0.2, 0.25) is 0 Å². The van der Waals surface area contributed by atoms with Crippen LogP contribution in [0.3, 0.4) is 0 Å². The van der Waals surface area contributed by atoms with E-state index in [-0.39, 0.29) is 28.1 Å². The molecule has 0 bridgehead atoms. The van der Waals surface area contributed by atoms with Gasteiger partial charge in [-0.25, -0.2) is 23.4 Å². The summed E-state index contributed by atoms with van der Waals surface area (Å²) in [7, 11) is -0.346. The minimum atomic E-state index is -4.29. The second-order valence-electron chi connectivity index (χ2n) is 14.3. The first-order valence-electron chi connectivity index (χ1n) is 18.9. The van der Waals surface area contributed by atoms with Crippen molar-refractivity contribution < 1.29 is 13.3 Å². The number of aromatic nitrogens is 3. The van der Waals surface area contributed by atoms with Crippen LogP contribution in [-0.4, -0.2) is 96.7 Å². The van der Waals surface area contributed by atoms with E-state index in [0.717, 1.165) is 68.0 Å². The predicted octanol–water partition coefficient (Wildman–Crippen LogP) is 7.90. The molecule has 2 aromatic heterocycles. The molecule has 1 aliphatic heterocycles. The van der Waals surface area contributed by atoms with E-state index >= 15 is 0 Å². The lowest BCUT2D eigenvalue weighted by Gasteiger charge is -2.35. The van der Waals surface area contributed by atoms with Gasteiger partial charge in [-0.15, -0.1) is 11.8 Å². The average Bonchev–Trinajstić information content (AvgIpc) is 3.23. The normalized spacial score (nSPS) is 14.1. The topological polar surface area (TPSA) is 150 Å². The number of thioether (sulfide) groups is 1. The molecule has 1 fully saturated rings. The molecule has 0 amide bonds. The summed E-state index contributed by atoms with van der Waals surface area (Å²) < 4.78 is 30.0. The van der Waals surface area contributed by atoms with Crippen molar-refractivity contribution >= 4 is 67.4 Å². The molecule has 6 aromatic rings. The van der Waals surface area contributed by atoms with Gasteiger partial charge < -0.3 is 15.1 Å². The summed E-state index contributed by atoms with van der Waals surface area (Å²) in [6.45, 7) is 4.72. The number of nitro benzene ring substituents is 1. The van der Waals surface area contributed by atoms with Gasteiger partial charge in [-0.2, -0.15) is 0 Å². The smallest absolute Gasteiger partial charge is 0.293 e. The molecule has 3 heterocycles. The second-order valence-corrected chi connectivity index (χ2v) is 17.5. The molecule has 4 aromatic carbocycles. The van der Waals surface area contributed by atoms with Crippen molar-refractivity contribution in [2.75, 3.05) is 67.5 Å². The highest BCUT2D eigenvalue weighted by atomic mass is 35.5. The van der Waals surface area contributed by atoms with Crippen molar-refractivity contribution in [3.63, 3.8) is 0 Å². The summed E-state index contributed by atoms with van der Waals surface area (Å²) >= 11 is 7.79. The highest BCUT2D eigenvalue weighted by molar-refractivity contribution is 7.99. The van der Waals surface area contributed by atoms with Gasteiger partial charge in [0, 0.05) is 60.5 Å². The quantitative estimate of drug-likeness (QED) is 0.0555. The van der Waals surface area contributed by atoms with E-state index in [4.69, 9.17) is 16.6 Å². The number of hydrogen-bond acceptors (Lipinski definition) is 12. The molecule has 13 nitrogen and oxygen atoms in total. The Bertz CT molecular complexity index is 2470. The number of nitrogens with zero attached hydrogens (tertiary/aromatic N) is 7. The van der Waals surface area contributed by atoms with Crippen LogP contribution in [0.15, 0.2) is 125 Å². The van der Waals surface area contributed by atoms with Crippen molar-refractivity contribution in [3.05, 3.63) is 136 Å². The molecule has 0 unspecified atom stereocenters. The van der Waals surface area contributed by atoms with Gasteiger partial charge in [0.05, 0.1) is 15.2 Å². The number of anilines is 3. The summed E-state index contributed by atoms with van der Waals surface area (Å²) in [5.41, 5.74) is 3.79. The molecular weight excluding hydrogens is 794 g/mol. The Kier molecular flexibility index (Phi) is 13.0. The monoisotopic (exact) mass is 837 g/mol. The fourth-order valence-electron chi connectivity index (χ4n) is 6.82. The van der Waals surface area contributed by atoms with Crippen LogP contribution in [0.5, 0.6) is 0 Å². The molecule has 1 saturated heterocycles. The van der Waals surface area contributed by atoms with Crippen LogP contribution < -0.4 is 14.9 Å². The Morgan fingerprint density at radius 3 is 2.40 bits per heavy atom. The zero-order valence-electron chi connectivity index (χ0n) is 32.2. The molecule has 0 saturated carbocycles. The van der Waals surface area contributed by atoms with Crippen molar-refractivity contribution in [2.45, 2.75) is 28.8 Å². The number of hydrogen-bond donors (Lipinski definition) is 2. The predicted molar refractivity (Wildman–Crippen MR) is 233 cm³/mol. The van der Waals surface area contributed by atoms with Gasteiger partial charge >= 0.3 is 0 Å². The summed E-state index contributed by atoms with van der Waals surface area (Å²) in [4.78, 5) is 32.6. The maximum atomic E-state index is 13.7. The van der Waals surface area contributed by atoms with Gasteiger partial charge in [-0.05, 0) is 92.3 Å². The number of rotatable bonds is 16. The fourth-order valence-corrected chi connectivity index (χ4v) is 8.99. The number of sulfonamides is 1. The van der Waals surface area contributed by atoms with Crippen LogP contribution in [-0.2, 0) is 16.6 Å². The van der Waals surface area contributed by atoms with Crippen molar-refractivity contribution in [1.29, 1.82) is 0 Å². The van der Waals surface area contributed by atoms with Crippen LogP contribution in [0.1, 0.15) is 12.0 Å². The summed E-state index contributed by atoms with van der Waals surface area (Å²) in [5.74, 6) is 1.41. The lowest BCUT2D eigenvalue weighted by Crippen LogP contribution is -2.46. The summed E-state index contributed by atoms with van der Waals surface area (Å²) in [6.07, 6.45) is 1.98. The van der Waals surface area contributed by atoms with Crippen LogP contribution in [0.4, 0.5) is 23.0 Å². The molecule has 0 aliphatic carbocycles. The highest BCUT2D eigenvalue weighted by Crippen LogP contribution is 2.32. The molecule has 0 spiro atoms. The van der Waals surface area contributed by atoms with Crippen LogP contribution in [0.25, 0.3) is 22.2 Å². The van der Waals surface area contributed by atoms with Crippen molar-refractivity contribution in [2.24, 2.45) is 0 Å². The first-order valence-corrected chi connectivity index (χ1v) is 21.7. The number of fused-ring (bicyclic) bond motifs is 1. The lowest BCUT2D eigenvalue weighted by molar-refractivity contribution is -0.384. The Morgan fingerprint density at radius 1 is 0.914 bits per heavy atom. The fraction of sp³-hybridized carbons (Fsp3) is 0.262. The van der Waals surface area contributed by atoms with E-state index in [2.05, 4.69) is 59.0 Å². The minimum Gasteiger partial charge on any atom is -0.376 e. The first kappa shape index (κ1) is 40.9. The van der Waals surface area contributed by atoms with Crippen LogP contribution in [0, 0.1) is 10.1 Å². The zero-order valence-corrected chi connectivity index (χ0v) is 34.6. The third-order valence-corrected chi connectivity index (χ3v) is 12.7. The van der Waals surface area contributed by atoms with E-state index in [1.54, 1.807) is 17.8 Å². The maximum Gasteiger partial charge on any atom is 0.293 e. The van der Waals surface area contributed by atoms with E-state index in [1.807, 2.05) is 74.8 Å². The standard InChI is InChI=1S/C42H44ClN9O4S2/c1-49(2)21-20-33(28-57-34-9-4-3-5-10-34)46-38-18-16-35(26-39(38)52(53)54)58(55,56)48-42-37-17-19-40(47-41(37)44-29-45-42)51-24-22-50(23-25-51)27-31-8-6-7-11-36(31)30-12-14-32(43)15-13-30/h3-19,26,29,33,46H,20-25,27-28H2,1-2H3,(H,44,45,47,48)/t33-/m1/s1. The molecule has 58 heavy (non-hydrogen) atoms. The Labute approximate surface area is 347 Å². The van der Waals surface area contributed by atoms with E-state index in [0.29, 0.717) is 21.8 Å².